The third-order valence-corrected chi connectivity index (χ3v) is 1.52. The zero-order chi connectivity index (χ0) is 10.0. The van der Waals surface area contributed by atoms with E-state index in [-0.39, 0.29) is 11.3 Å². The molecule has 0 aromatic heterocycles. The van der Waals surface area contributed by atoms with Crippen molar-refractivity contribution in [3.63, 3.8) is 0 Å². The van der Waals surface area contributed by atoms with E-state index in [1.165, 1.54) is 0 Å². The summed E-state index contributed by atoms with van der Waals surface area (Å²) in [6.07, 6.45) is -0.544. The molecule has 3 N–H and O–H groups in total. The second-order valence-corrected chi connectivity index (χ2v) is 2.53. The van der Waals surface area contributed by atoms with E-state index in [9.17, 15) is 13.6 Å². The molecule has 1 aromatic carbocycles. The molecule has 0 bridgehead atoms. The molecule has 0 unspecified atom stereocenters. The zero-order valence-corrected chi connectivity index (χ0v) is 6.55. The minimum absolute atomic E-state index is 0.181. The molecule has 1 aromatic rings. The number of nitrogens with two attached hydrogens (primary N) is 1. The van der Waals surface area contributed by atoms with Gasteiger partial charge in [0.05, 0.1) is 6.42 Å². The molecule has 0 aliphatic rings. The molecule has 0 aliphatic heterocycles. The molecule has 3 nitrogen and oxygen atoms in total. The predicted octanol–water partition coefficient (Wildman–Crippen LogP) is 1.17. The Labute approximate surface area is 72.8 Å². The van der Waals surface area contributed by atoms with Crippen molar-refractivity contribution in [3.05, 3.63) is 29.3 Å². The number of benzene rings is 1. The fourth-order valence-electron chi connectivity index (χ4n) is 0.961. The van der Waals surface area contributed by atoms with E-state index in [1.54, 1.807) is 0 Å². The normalized spacial score (nSPS) is 10.0. The number of carboxylic acid groups (broad SMARTS) is 1. The van der Waals surface area contributed by atoms with Crippen LogP contribution in [0, 0.1) is 11.6 Å². The highest BCUT2D eigenvalue weighted by atomic mass is 19.1. The lowest BCUT2D eigenvalue weighted by Gasteiger charge is -2.03. The average molecular weight is 187 g/mol. The van der Waals surface area contributed by atoms with Crippen molar-refractivity contribution in [2.24, 2.45) is 0 Å². The molecule has 13 heavy (non-hydrogen) atoms. The lowest BCUT2D eigenvalue weighted by atomic mass is 10.1. The first-order valence-electron chi connectivity index (χ1n) is 3.46. The Hall–Kier alpha value is -1.65. The Bertz CT molecular complexity index is 329. The monoisotopic (exact) mass is 187 g/mol. The van der Waals surface area contributed by atoms with Gasteiger partial charge in [-0.05, 0) is 6.07 Å². The number of hydrogen-bond donors (Lipinski definition) is 2. The van der Waals surface area contributed by atoms with E-state index in [0.717, 1.165) is 6.07 Å². The Morgan fingerprint density at radius 3 is 2.54 bits per heavy atom. The van der Waals surface area contributed by atoms with Gasteiger partial charge in [-0.3, -0.25) is 4.79 Å². The highest BCUT2D eigenvalue weighted by molar-refractivity contribution is 5.73. The summed E-state index contributed by atoms with van der Waals surface area (Å²) in [4.78, 5) is 10.2. The van der Waals surface area contributed by atoms with Gasteiger partial charge in [0.15, 0.2) is 0 Å². The lowest BCUT2D eigenvalue weighted by Crippen LogP contribution is -2.06. The number of aliphatic carboxylic acids is 1. The second-order valence-electron chi connectivity index (χ2n) is 2.53. The van der Waals surface area contributed by atoms with Gasteiger partial charge in [0.25, 0.3) is 0 Å². The van der Waals surface area contributed by atoms with E-state index in [2.05, 4.69) is 0 Å². The molecule has 70 valence electrons. The predicted molar refractivity (Wildman–Crippen MR) is 42.1 cm³/mol. The molecule has 0 heterocycles. The van der Waals surface area contributed by atoms with Gasteiger partial charge in [-0.1, -0.05) is 0 Å². The number of hydrogen-bond acceptors (Lipinski definition) is 2. The lowest BCUT2D eigenvalue weighted by molar-refractivity contribution is -0.136. The van der Waals surface area contributed by atoms with Gasteiger partial charge in [-0.25, -0.2) is 8.78 Å². The van der Waals surface area contributed by atoms with Crippen molar-refractivity contribution in [2.45, 2.75) is 6.42 Å². The fourth-order valence-corrected chi connectivity index (χ4v) is 0.961. The summed E-state index contributed by atoms with van der Waals surface area (Å²) in [5.41, 5.74) is 4.86. The van der Waals surface area contributed by atoms with Crippen LogP contribution in [-0.2, 0) is 11.2 Å². The number of halogens is 2. The van der Waals surface area contributed by atoms with Crippen molar-refractivity contribution < 1.29 is 18.7 Å². The third kappa shape index (κ3) is 2.14. The number of carboxylic acids is 1. The maximum absolute atomic E-state index is 12.9. The Balaban J connectivity index is 3.13. The van der Waals surface area contributed by atoms with Crippen molar-refractivity contribution in [1.29, 1.82) is 0 Å². The standard InChI is InChI=1S/C8H7F2NO2/c9-4-1-6(10)5(3-8(12)13)7(11)2-4/h1-2H,3,11H2,(H,12,13). The summed E-state index contributed by atoms with van der Waals surface area (Å²) < 4.78 is 25.4. The van der Waals surface area contributed by atoms with Crippen molar-refractivity contribution in [3.8, 4) is 0 Å². The van der Waals surface area contributed by atoms with Crippen LogP contribution in [0.5, 0.6) is 0 Å². The average Bonchev–Trinajstić information content (AvgIpc) is 1.96. The summed E-state index contributed by atoms with van der Waals surface area (Å²) in [5.74, 6) is -2.96. The highest BCUT2D eigenvalue weighted by Gasteiger charge is 2.11. The molecule has 0 spiro atoms. The molecule has 0 saturated heterocycles. The summed E-state index contributed by atoms with van der Waals surface area (Å²) in [5, 5.41) is 8.37. The van der Waals surface area contributed by atoms with E-state index in [1.807, 2.05) is 0 Å². The summed E-state index contributed by atoms with van der Waals surface area (Å²) in [6, 6.07) is 1.50. The van der Waals surface area contributed by atoms with Gasteiger partial charge in [-0.2, -0.15) is 0 Å². The summed E-state index contributed by atoms with van der Waals surface area (Å²) in [7, 11) is 0. The quantitative estimate of drug-likeness (QED) is 0.683. The maximum atomic E-state index is 12.9. The van der Waals surface area contributed by atoms with Gasteiger partial charge in [0.1, 0.15) is 11.6 Å². The molecule has 0 aliphatic carbocycles. The van der Waals surface area contributed by atoms with Crippen LogP contribution in [0.4, 0.5) is 14.5 Å². The van der Waals surface area contributed by atoms with Crippen LogP contribution in [0.1, 0.15) is 5.56 Å². The van der Waals surface area contributed by atoms with Crippen LogP contribution in [0.15, 0.2) is 12.1 Å². The molecular formula is C8H7F2NO2. The van der Waals surface area contributed by atoms with Gasteiger partial charge >= 0.3 is 5.97 Å². The third-order valence-electron chi connectivity index (χ3n) is 1.52. The smallest absolute Gasteiger partial charge is 0.308 e. The number of carbonyl (C=O) groups is 1. The molecule has 5 heteroatoms. The van der Waals surface area contributed by atoms with Crippen molar-refractivity contribution in [2.75, 3.05) is 5.73 Å². The summed E-state index contributed by atoms with van der Waals surface area (Å²) >= 11 is 0. The SMILES string of the molecule is Nc1cc(F)cc(F)c1CC(=O)O. The van der Waals surface area contributed by atoms with Crippen molar-refractivity contribution in [1.82, 2.24) is 0 Å². The largest absolute Gasteiger partial charge is 0.481 e. The topological polar surface area (TPSA) is 63.3 Å². The highest BCUT2D eigenvalue weighted by Crippen LogP contribution is 2.18. The van der Waals surface area contributed by atoms with Crippen LogP contribution in [0.25, 0.3) is 0 Å². The maximum Gasteiger partial charge on any atom is 0.308 e. The molecular weight excluding hydrogens is 180 g/mol. The zero-order valence-electron chi connectivity index (χ0n) is 6.55. The van der Waals surface area contributed by atoms with Gasteiger partial charge in [0.2, 0.25) is 0 Å². The molecule has 1 rings (SSSR count). The van der Waals surface area contributed by atoms with Gasteiger partial charge < -0.3 is 10.8 Å². The van der Waals surface area contributed by atoms with Crippen LogP contribution >= 0.6 is 0 Å². The molecule has 0 fully saturated rings. The minimum Gasteiger partial charge on any atom is -0.481 e. The van der Waals surface area contributed by atoms with Crippen molar-refractivity contribution >= 4 is 11.7 Å². The van der Waals surface area contributed by atoms with E-state index < -0.39 is 24.0 Å². The van der Waals surface area contributed by atoms with Crippen LogP contribution in [0.2, 0.25) is 0 Å². The number of rotatable bonds is 2. The fraction of sp³-hybridized carbons (Fsp3) is 0.125. The van der Waals surface area contributed by atoms with Gasteiger partial charge in [-0.15, -0.1) is 0 Å². The van der Waals surface area contributed by atoms with E-state index >= 15 is 0 Å². The molecule has 0 atom stereocenters. The second kappa shape index (κ2) is 3.38. The Kier molecular flexibility index (Phi) is 2.46. The first-order valence-corrected chi connectivity index (χ1v) is 3.46. The number of anilines is 1. The molecule has 0 radical (unpaired) electrons. The number of nitrogen functional groups attached to an aromatic ring is 1. The Morgan fingerprint density at radius 2 is 2.08 bits per heavy atom. The first-order chi connectivity index (χ1) is 6.00. The molecule has 0 amide bonds. The van der Waals surface area contributed by atoms with Crippen LogP contribution in [-0.4, -0.2) is 11.1 Å². The van der Waals surface area contributed by atoms with Crippen LogP contribution < -0.4 is 5.73 Å². The minimum atomic E-state index is -1.21. The first kappa shape index (κ1) is 9.44. The van der Waals surface area contributed by atoms with E-state index in [0.29, 0.717) is 6.07 Å². The van der Waals surface area contributed by atoms with Gasteiger partial charge in [0, 0.05) is 17.3 Å². The Morgan fingerprint density at radius 1 is 1.46 bits per heavy atom. The van der Waals surface area contributed by atoms with Crippen LogP contribution in [0.3, 0.4) is 0 Å². The van der Waals surface area contributed by atoms with E-state index in [4.69, 9.17) is 10.8 Å². The summed E-state index contributed by atoms with van der Waals surface area (Å²) in [6.45, 7) is 0. The molecule has 0 saturated carbocycles.